The molecule has 3 atom stereocenters. The summed E-state index contributed by atoms with van der Waals surface area (Å²) in [5, 5.41) is 11.9. The summed E-state index contributed by atoms with van der Waals surface area (Å²) < 4.78 is 15.6. The van der Waals surface area contributed by atoms with Gasteiger partial charge in [-0.3, -0.25) is 9.30 Å². The zero-order valence-electron chi connectivity index (χ0n) is 19.3. The minimum Gasteiger partial charge on any atom is -0.385 e. The van der Waals surface area contributed by atoms with Crippen LogP contribution in [-0.4, -0.2) is 32.0 Å². The molecule has 0 bridgehead atoms. The first kappa shape index (κ1) is 21.5. The van der Waals surface area contributed by atoms with Crippen molar-refractivity contribution < 1.29 is 9.50 Å². The van der Waals surface area contributed by atoms with Gasteiger partial charge in [-0.2, -0.15) is 0 Å². The van der Waals surface area contributed by atoms with Crippen LogP contribution >= 0.6 is 0 Å². The van der Waals surface area contributed by atoms with Crippen molar-refractivity contribution in [3.63, 3.8) is 0 Å². The van der Waals surface area contributed by atoms with E-state index >= 15 is 0 Å². The Kier molecular flexibility index (Phi) is 5.47. The van der Waals surface area contributed by atoms with Gasteiger partial charge in [-0.05, 0) is 80.6 Å². The average molecular weight is 456 g/mol. The molecule has 1 N–H and O–H groups in total. The van der Waals surface area contributed by atoms with Crippen molar-refractivity contribution in [2.24, 2.45) is 5.92 Å². The number of aliphatic hydroxyl groups is 1. The van der Waals surface area contributed by atoms with E-state index < -0.39 is 5.60 Å². The maximum Gasteiger partial charge on any atom is 0.144 e. The van der Waals surface area contributed by atoms with Crippen molar-refractivity contribution in [2.75, 3.05) is 6.54 Å². The largest absolute Gasteiger partial charge is 0.385 e. The fraction of sp³-hybridized carbons (Fsp3) is 0.345. The van der Waals surface area contributed by atoms with Crippen molar-refractivity contribution in [2.45, 2.75) is 50.3 Å². The van der Waals surface area contributed by atoms with Crippen molar-refractivity contribution in [1.82, 2.24) is 14.3 Å². The molecule has 3 heterocycles. The van der Waals surface area contributed by atoms with Crippen molar-refractivity contribution in [3.8, 4) is 11.4 Å². The molecule has 1 aliphatic heterocycles. The molecule has 0 radical (unpaired) electrons. The smallest absolute Gasteiger partial charge is 0.144 e. The Balaban J connectivity index is 1.34. The van der Waals surface area contributed by atoms with E-state index in [4.69, 9.17) is 4.98 Å². The van der Waals surface area contributed by atoms with Crippen LogP contribution in [0.4, 0.5) is 4.39 Å². The summed E-state index contributed by atoms with van der Waals surface area (Å²) in [7, 11) is 0. The van der Waals surface area contributed by atoms with Gasteiger partial charge in [-0.15, -0.1) is 0 Å². The van der Waals surface area contributed by atoms with E-state index in [2.05, 4.69) is 27.5 Å². The van der Waals surface area contributed by atoms with Gasteiger partial charge in [0.15, 0.2) is 0 Å². The summed E-state index contributed by atoms with van der Waals surface area (Å²) in [6.45, 7) is 1.77. The first-order chi connectivity index (χ1) is 16.6. The Bertz CT molecular complexity index is 1290. The van der Waals surface area contributed by atoms with Gasteiger partial charge in [0.2, 0.25) is 0 Å². The van der Waals surface area contributed by atoms with Gasteiger partial charge >= 0.3 is 0 Å². The molecule has 1 saturated carbocycles. The zero-order valence-corrected chi connectivity index (χ0v) is 19.3. The number of benzene rings is 2. The van der Waals surface area contributed by atoms with Gasteiger partial charge in [-0.25, -0.2) is 9.37 Å². The molecule has 34 heavy (non-hydrogen) atoms. The highest BCUT2D eigenvalue weighted by molar-refractivity contribution is 5.65. The molecule has 0 amide bonds. The summed E-state index contributed by atoms with van der Waals surface area (Å²) in [6.07, 6.45) is 7.11. The molecule has 174 valence electrons. The van der Waals surface area contributed by atoms with Crippen LogP contribution in [-0.2, 0) is 12.1 Å². The van der Waals surface area contributed by atoms with Crippen LogP contribution in [0.15, 0.2) is 79.0 Å². The number of piperidine rings is 1. The number of aromatic nitrogens is 2. The predicted molar refractivity (Wildman–Crippen MR) is 132 cm³/mol. The number of likely N-dealkylation sites (tertiary alicyclic amines) is 1. The van der Waals surface area contributed by atoms with Gasteiger partial charge in [0.25, 0.3) is 0 Å². The predicted octanol–water partition coefficient (Wildman–Crippen LogP) is 5.79. The molecule has 2 aromatic carbocycles. The number of nitrogens with zero attached hydrogens (tertiary/aromatic N) is 3. The molecule has 5 heteroatoms. The van der Waals surface area contributed by atoms with Gasteiger partial charge < -0.3 is 5.11 Å². The van der Waals surface area contributed by atoms with Gasteiger partial charge in [0.1, 0.15) is 11.6 Å². The van der Waals surface area contributed by atoms with Crippen molar-refractivity contribution >= 4 is 5.52 Å². The molecular formula is C29H30FN3O. The van der Waals surface area contributed by atoms with Gasteiger partial charge in [-0.1, -0.05) is 36.4 Å². The van der Waals surface area contributed by atoms with Crippen molar-refractivity contribution in [1.29, 1.82) is 0 Å². The Morgan fingerprint density at radius 3 is 2.56 bits per heavy atom. The lowest BCUT2D eigenvalue weighted by Gasteiger charge is -2.52. The Labute approximate surface area is 199 Å². The summed E-state index contributed by atoms with van der Waals surface area (Å²) in [5.41, 5.74) is 3.31. The van der Waals surface area contributed by atoms with E-state index in [1.54, 1.807) is 12.1 Å². The second-order valence-corrected chi connectivity index (χ2v) is 9.81. The second kappa shape index (κ2) is 8.64. The first-order valence-corrected chi connectivity index (χ1v) is 12.4. The molecule has 2 aromatic heterocycles. The fourth-order valence-electron chi connectivity index (χ4n) is 6.33. The summed E-state index contributed by atoms with van der Waals surface area (Å²) in [6, 6.07) is 23.3. The monoisotopic (exact) mass is 455 g/mol. The molecule has 1 aliphatic carbocycles. The van der Waals surface area contributed by atoms with Crippen LogP contribution in [0.3, 0.4) is 0 Å². The molecule has 1 saturated heterocycles. The van der Waals surface area contributed by atoms with Gasteiger partial charge in [0.05, 0.1) is 16.8 Å². The standard InChI is InChI=1S/C29H30FN3O/c30-23-15-13-21(14-16-23)28-31-25(27-11-4-5-19-33(27)28)20-32-18-7-10-24-26(32)12-6-17-29(24,34)22-8-2-1-3-9-22/h1-5,8-9,11,13-16,19,24,26,34H,6-7,10,12,17-18,20H2/t24-,26-,29?/m1/s1. The number of pyridine rings is 1. The van der Waals surface area contributed by atoms with E-state index in [9.17, 15) is 9.50 Å². The first-order valence-electron chi connectivity index (χ1n) is 12.4. The number of imidazole rings is 1. The fourth-order valence-corrected chi connectivity index (χ4v) is 6.33. The Hall–Kier alpha value is -3.02. The molecular weight excluding hydrogens is 425 g/mol. The van der Waals surface area contributed by atoms with E-state index in [1.807, 2.05) is 36.5 Å². The summed E-state index contributed by atoms with van der Waals surface area (Å²) in [5.74, 6) is 0.818. The van der Waals surface area contributed by atoms with Crippen LogP contribution in [0.1, 0.15) is 43.4 Å². The lowest BCUT2D eigenvalue weighted by molar-refractivity contribution is -0.113. The third kappa shape index (κ3) is 3.64. The Morgan fingerprint density at radius 1 is 0.941 bits per heavy atom. The summed E-state index contributed by atoms with van der Waals surface area (Å²) >= 11 is 0. The minimum absolute atomic E-state index is 0.225. The van der Waals surface area contributed by atoms with E-state index in [0.717, 1.165) is 73.4 Å². The minimum atomic E-state index is -0.765. The topological polar surface area (TPSA) is 40.8 Å². The normalized spacial score (nSPS) is 25.4. The van der Waals surface area contributed by atoms with E-state index in [1.165, 1.54) is 12.1 Å². The van der Waals surface area contributed by atoms with Crippen LogP contribution in [0.2, 0.25) is 0 Å². The lowest BCUT2D eigenvalue weighted by atomic mass is 9.65. The molecule has 1 unspecified atom stereocenters. The molecule has 2 fully saturated rings. The highest BCUT2D eigenvalue weighted by atomic mass is 19.1. The van der Waals surface area contributed by atoms with Crippen LogP contribution in [0.5, 0.6) is 0 Å². The SMILES string of the molecule is OC1(c2ccccc2)CCC[C@@H]2[C@H]1CCCN2Cc1nc(-c2ccc(F)cc2)n2ccccc12. The van der Waals surface area contributed by atoms with Crippen LogP contribution in [0, 0.1) is 11.7 Å². The molecule has 0 spiro atoms. The third-order valence-corrected chi connectivity index (χ3v) is 7.92. The number of hydrogen-bond acceptors (Lipinski definition) is 3. The molecule has 2 aliphatic rings. The van der Waals surface area contributed by atoms with Crippen molar-refractivity contribution in [3.05, 3.63) is 96.1 Å². The maximum absolute atomic E-state index is 13.5. The number of rotatable bonds is 4. The highest BCUT2D eigenvalue weighted by Crippen LogP contribution is 2.47. The van der Waals surface area contributed by atoms with Gasteiger partial charge in [0, 0.05) is 30.3 Å². The zero-order chi connectivity index (χ0) is 23.1. The quantitative estimate of drug-likeness (QED) is 0.423. The second-order valence-electron chi connectivity index (χ2n) is 9.81. The lowest BCUT2D eigenvalue weighted by Crippen LogP contribution is -2.55. The maximum atomic E-state index is 13.5. The number of hydrogen-bond donors (Lipinski definition) is 1. The van der Waals surface area contributed by atoms with E-state index in [-0.39, 0.29) is 11.7 Å². The average Bonchev–Trinajstić information content (AvgIpc) is 3.24. The van der Waals surface area contributed by atoms with E-state index in [0.29, 0.717) is 6.04 Å². The summed E-state index contributed by atoms with van der Waals surface area (Å²) in [4.78, 5) is 7.60. The van der Waals surface area contributed by atoms with Crippen LogP contribution < -0.4 is 0 Å². The third-order valence-electron chi connectivity index (χ3n) is 7.92. The molecule has 4 nitrogen and oxygen atoms in total. The van der Waals surface area contributed by atoms with Crippen LogP contribution in [0.25, 0.3) is 16.9 Å². The highest BCUT2D eigenvalue weighted by Gasteiger charge is 2.48. The number of fused-ring (bicyclic) bond motifs is 2. The number of halogens is 1. The Morgan fingerprint density at radius 2 is 1.74 bits per heavy atom. The molecule has 6 rings (SSSR count). The molecule has 4 aromatic rings.